The van der Waals surface area contributed by atoms with Crippen LogP contribution < -0.4 is 16.4 Å². The van der Waals surface area contributed by atoms with E-state index < -0.39 is 0 Å². The molecule has 5 heteroatoms. The Hall–Kier alpha value is -1.88. The standard InChI is InChI=1S/C13H17N3O2/c14-7-12(17)15-8-13(18)16-11-5-4-9-2-1-3-10(9)6-11/h4-6H,1-3,7-8,14H2,(H,15,17)(H,16,18). The second-order valence-corrected chi connectivity index (χ2v) is 4.37. The normalized spacial score (nSPS) is 12.9. The molecule has 1 aromatic carbocycles. The lowest BCUT2D eigenvalue weighted by atomic mass is 10.1. The van der Waals surface area contributed by atoms with Crippen molar-refractivity contribution >= 4 is 17.5 Å². The number of carbonyl (C=O) groups excluding carboxylic acids is 2. The fourth-order valence-electron chi connectivity index (χ4n) is 2.11. The largest absolute Gasteiger partial charge is 0.346 e. The number of benzene rings is 1. The molecule has 0 saturated heterocycles. The number of hydrogen-bond acceptors (Lipinski definition) is 3. The van der Waals surface area contributed by atoms with E-state index in [1.54, 1.807) is 0 Å². The molecule has 0 aromatic heterocycles. The molecule has 1 aliphatic rings. The zero-order valence-corrected chi connectivity index (χ0v) is 10.2. The van der Waals surface area contributed by atoms with Gasteiger partial charge in [-0.15, -0.1) is 0 Å². The summed E-state index contributed by atoms with van der Waals surface area (Å²) < 4.78 is 0. The van der Waals surface area contributed by atoms with Gasteiger partial charge in [0.05, 0.1) is 13.1 Å². The lowest BCUT2D eigenvalue weighted by Crippen LogP contribution is -2.36. The number of nitrogens with one attached hydrogen (secondary N) is 2. The highest BCUT2D eigenvalue weighted by Crippen LogP contribution is 2.24. The van der Waals surface area contributed by atoms with Gasteiger partial charge in [-0.05, 0) is 42.5 Å². The highest BCUT2D eigenvalue weighted by atomic mass is 16.2. The van der Waals surface area contributed by atoms with E-state index >= 15 is 0 Å². The zero-order valence-electron chi connectivity index (χ0n) is 10.2. The monoisotopic (exact) mass is 247 g/mol. The second kappa shape index (κ2) is 5.64. The van der Waals surface area contributed by atoms with E-state index in [2.05, 4.69) is 16.7 Å². The molecule has 0 heterocycles. The van der Waals surface area contributed by atoms with Gasteiger partial charge in [0.1, 0.15) is 0 Å². The van der Waals surface area contributed by atoms with Crippen LogP contribution in [0, 0.1) is 0 Å². The van der Waals surface area contributed by atoms with Crippen LogP contribution in [-0.2, 0) is 22.4 Å². The van der Waals surface area contributed by atoms with Crippen molar-refractivity contribution in [2.24, 2.45) is 5.73 Å². The molecule has 96 valence electrons. The summed E-state index contributed by atoms with van der Waals surface area (Å²) in [5, 5.41) is 5.19. The molecule has 2 amide bonds. The van der Waals surface area contributed by atoms with Gasteiger partial charge >= 0.3 is 0 Å². The Morgan fingerprint density at radius 1 is 1.17 bits per heavy atom. The maximum absolute atomic E-state index is 11.6. The van der Waals surface area contributed by atoms with E-state index in [-0.39, 0.29) is 24.9 Å². The van der Waals surface area contributed by atoms with E-state index in [1.165, 1.54) is 17.5 Å². The quantitative estimate of drug-likeness (QED) is 0.710. The van der Waals surface area contributed by atoms with Crippen LogP contribution in [-0.4, -0.2) is 24.9 Å². The van der Waals surface area contributed by atoms with Gasteiger partial charge in [-0.25, -0.2) is 0 Å². The molecular weight excluding hydrogens is 230 g/mol. The van der Waals surface area contributed by atoms with E-state index in [0.717, 1.165) is 18.5 Å². The summed E-state index contributed by atoms with van der Waals surface area (Å²) in [5.74, 6) is -0.575. The van der Waals surface area contributed by atoms with E-state index in [0.29, 0.717) is 0 Å². The van der Waals surface area contributed by atoms with Crippen LogP contribution in [0.1, 0.15) is 17.5 Å². The smallest absolute Gasteiger partial charge is 0.243 e. The van der Waals surface area contributed by atoms with Gasteiger partial charge in [0.2, 0.25) is 11.8 Å². The van der Waals surface area contributed by atoms with Gasteiger partial charge in [-0.2, -0.15) is 0 Å². The molecule has 5 nitrogen and oxygen atoms in total. The molecular formula is C13H17N3O2. The van der Waals surface area contributed by atoms with E-state index in [1.807, 2.05) is 12.1 Å². The summed E-state index contributed by atoms with van der Waals surface area (Å²) in [4.78, 5) is 22.5. The van der Waals surface area contributed by atoms with Gasteiger partial charge in [0.15, 0.2) is 0 Å². The van der Waals surface area contributed by atoms with Crippen LogP contribution >= 0.6 is 0 Å². The highest BCUT2D eigenvalue weighted by molar-refractivity contribution is 5.94. The Morgan fingerprint density at radius 3 is 2.72 bits per heavy atom. The Morgan fingerprint density at radius 2 is 1.94 bits per heavy atom. The maximum Gasteiger partial charge on any atom is 0.243 e. The van der Waals surface area contributed by atoms with Crippen molar-refractivity contribution < 1.29 is 9.59 Å². The fraction of sp³-hybridized carbons (Fsp3) is 0.385. The highest BCUT2D eigenvalue weighted by Gasteiger charge is 2.11. The van der Waals surface area contributed by atoms with Crippen molar-refractivity contribution in [2.45, 2.75) is 19.3 Å². The number of hydrogen-bond donors (Lipinski definition) is 3. The SMILES string of the molecule is NCC(=O)NCC(=O)Nc1ccc2c(c1)CCC2. The summed E-state index contributed by atoms with van der Waals surface area (Å²) in [6.07, 6.45) is 3.37. The molecule has 0 fully saturated rings. The lowest BCUT2D eigenvalue weighted by Gasteiger charge is -2.08. The number of aryl methyl sites for hydroxylation is 2. The van der Waals surface area contributed by atoms with Crippen molar-refractivity contribution in [3.63, 3.8) is 0 Å². The summed E-state index contributed by atoms with van der Waals surface area (Å²) >= 11 is 0. The van der Waals surface area contributed by atoms with Crippen molar-refractivity contribution in [1.29, 1.82) is 0 Å². The molecule has 0 spiro atoms. The van der Waals surface area contributed by atoms with Crippen molar-refractivity contribution in [3.8, 4) is 0 Å². The minimum Gasteiger partial charge on any atom is -0.346 e. The number of nitrogens with two attached hydrogens (primary N) is 1. The molecule has 2 rings (SSSR count). The van der Waals surface area contributed by atoms with Gasteiger partial charge in [-0.1, -0.05) is 6.07 Å². The van der Waals surface area contributed by atoms with Crippen LogP contribution in [0.4, 0.5) is 5.69 Å². The Bertz CT molecular complexity index is 471. The first-order valence-corrected chi connectivity index (χ1v) is 6.07. The molecule has 0 bridgehead atoms. The minimum absolute atomic E-state index is 0.0485. The number of anilines is 1. The first-order valence-electron chi connectivity index (χ1n) is 6.07. The number of amides is 2. The molecule has 18 heavy (non-hydrogen) atoms. The third-order valence-electron chi connectivity index (χ3n) is 3.01. The van der Waals surface area contributed by atoms with Crippen LogP contribution in [0.3, 0.4) is 0 Å². The zero-order chi connectivity index (χ0) is 13.0. The van der Waals surface area contributed by atoms with Gasteiger partial charge in [0.25, 0.3) is 0 Å². The first kappa shape index (κ1) is 12.6. The van der Waals surface area contributed by atoms with E-state index in [9.17, 15) is 9.59 Å². The van der Waals surface area contributed by atoms with E-state index in [4.69, 9.17) is 5.73 Å². The molecule has 0 atom stereocenters. The molecule has 1 aliphatic carbocycles. The summed E-state index contributed by atoms with van der Waals surface area (Å²) in [6.45, 7) is -0.154. The predicted molar refractivity (Wildman–Crippen MR) is 69.2 cm³/mol. The lowest BCUT2D eigenvalue weighted by molar-refractivity contribution is -0.123. The van der Waals surface area contributed by atoms with Gasteiger partial charge in [-0.3, -0.25) is 9.59 Å². The number of rotatable bonds is 4. The van der Waals surface area contributed by atoms with Crippen molar-refractivity contribution in [2.75, 3.05) is 18.4 Å². The fourth-order valence-corrected chi connectivity index (χ4v) is 2.11. The number of fused-ring (bicyclic) bond motifs is 1. The molecule has 0 aliphatic heterocycles. The van der Waals surface area contributed by atoms with Crippen molar-refractivity contribution in [3.05, 3.63) is 29.3 Å². The van der Waals surface area contributed by atoms with Crippen LogP contribution in [0.2, 0.25) is 0 Å². The summed E-state index contributed by atoms with van der Waals surface area (Å²) in [5.41, 5.74) is 8.58. The predicted octanol–water partition coefficient (Wildman–Crippen LogP) is 0.189. The molecule has 0 radical (unpaired) electrons. The van der Waals surface area contributed by atoms with Crippen molar-refractivity contribution in [1.82, 2.24) is 5.32 Å². The molecule has 0 saturated carbocycles. The maximum atomic E-state index is 11.6. The summed E-state index contributed by atoms with van der Waals surface area (Å²) in [7, 11) is 0. The average Bonchev–Trinajstić information content (AvgIpc) is 2.83. The second-order valence-electron chi connectivity index (χ2n) is 4.37. The van der Waals surface area contributed by atoms with Crippen LogP contribution in [0.5, 0.6) is 0 Å². The van der Waals surface area contributed by atoms with Crippen LogP contribution in [0.15, 0.2) is 18.2 Å². The van der Waals surface area contributed by atoms with Gasteiger partial charge in [0, 0.05) is 5.69 Å². The molecule has 1 aromatic rings. The molecule has 0 unspecified atom stereocenters. The first-order chi connectivity index (χ1) is 8.69. The number of carbonyl (C=O) groups is 2. The van der Waals surface area contributed by atoms with Crippen LogP contribution in [0.25, 0.3) is 0 Å². The third kappa shape index (κ3) is 3.07. The van der Waals surface area contributed by atoms with Gasteiger partial charge < -0.3 is 16.4 Å². The topological polar surface area (TPSA) is 84.2 Å². The Kier molecular flexibility index (Phi) is 3.94. The molecule has 4 N–H and O–H groups in total. The minimum atomic E-state index is -0.334. The summed E-state index contributed by atoms with van der Waals surface area (Å²) in [6, 6.07) is 5.95. The Labute approximate surface area is 106 Å². The average molecular weight is 247 g/mol. The Balaban J connectivity index is 1.89. The third-order valence-corrected chi connectivity index (χ3v) is 3.01.